The van der Waals surface area contributed by atoms with Gasteiger partial charge >= 0.3 is 0 Å². The first-order valence-electron chi connectivity index (χ1n) is 5.99. The Labute approximate surface area is 104 Å². The number of benzene rings is 1. The van der Waals surface area contributed by atoms with Gasteiger partial charge in [0.15, 0.2) is 0 Å². The van der Waals surface area contributed by atoms with Crippen molar-refractivity contribution in [1.82, 2.24) is 0 Å². The summed E-state index contributed by atoms with van der Waals surface area (Å²) in [6, 6.07) is 1.34. The number of aliphatic hydroxyl groups is 1. The van der Waals surface area contributed by atoms with Gasteiger partial charge in [0.2, 0.25) is 0 Å². The summed E-state index contributed by atoms with van der Waals surface area (Å²) in [5.74, 6) is 1.53. The van der Waals surface area contributed by atoms with E-state index in [2.05, 4.69) is 0 Å². The highest BCUT2D eigenvalue weighted by Gasteiger charge is 2.41. The quantitative estimate of drug-likeness (QED) is 0.756. The first-order valence-corrected chi connectivity index (χ1v) is 6.97. The van der Waals surface area contributed by atoms with Crippen LogP contribution in [0.2, 0.25) is 0 Å². The maximum Gasteiger partial charge on any atom is 0.129 e. The molecule has 0 spiro atoms. The lowest BCUT2D eigenvalue weighted by Crippen LogP contribution is -2.23. The highest BCUT2D eigenvalue weighted by atomic mass is 32.2. The molecule has 2 atom stereocenters. The molecule has 1 heterocycles. The van der Waals surface area contributed by atoms with Crippen LogP contribution < -0.4 is 5.73 Å². The third-order valence-corrected chi connectivity index (χ3v) is 5.25. The number of halogens is 1. The predicted molar refractivity (Wildman–Crippen MR) is 67.4 cm³/mol. The van der Waals surface area contributed by atoms with Crippen molar-refractivity contribution >= 4 is 17.4 Å². The van der Waals surface area contributed by atoms with Gasteiger partial charge in [0.05, 0.1) is 6.10 Å². The molecule has 1 aromatic carbocycles. The first-order chi connectivity index (χ1) is 8.09. The van der Waals surface area contributed by atoms with Crippen molar-refractivity contribution in [2.24, 2.45) is 11.8 Å². The first kappa shape index (κ1) is 11.4. The normalized spacial score (nSPS) is 27.9. The molecule has 2 aliphatic rings. The lowest BCUT2D eigenvalue weighted by molar-refractivity contribution is 0.104. The number of nitrogens with two attached hydrogens (primary N) is 1. The van der Waals surface area contributed by atoms with Crippen LogP contribution in [0.1, 0.15) is 30.1 Å². The van der Waals surface area contributed by atoms with Crippen LogP contribution in [0.4, 0.5) is 10.1 Å². The van der Waals surface area contributed by atoms with Crippen LogP contribution >= 0.6 is 11.8 Å². The number of rotatable bonds is 1. The molecule has 3 N–H and O–H groups in total. The van der Waals surface area contributed by atoms with Crippen molar-refractivity contribution in [3.63, 3.8) is 0 Å². The average molecular weight is 253 g/mol. The Morgan fingerprint density at radius 3 is 2.82 bits per heavy atom. The van der Waals surface area contributed by atoms with E-state index in [0.717, 1.165) is 16.2 Å². The van der Waals surface area contributed by atoms with Gasteiger partial charge in [0, 0.05) is 27.8 Å². The molecule has 92 valence electrons. The van der Waals surface area contributed by atoms with Gasteiger partial charge in [-0.05, 0) is 37.3 Å². The molecular weight excluding hydrogens is 237 g/mol. The molecule has 1 aliphatic carbocycles. The van der Waals surface area contributed by atoms with E-state index in [1.54, 1.807) is 18.7 Å². The van der Waals surface area contributed by atoms with Crippen molar-refractivity contribution in [3.8, 4) is 0 Å². The lowest BCUT2D eigenvalue weighted by Gasteiger charge is -2.31. The highest BCUT2D eigenvalue weighted by molar-refractivity contribution is 7.99. The second-order valence-corrected chi connectivity index (χ2v) is 6.10. The second-order valence-electron chi connectivity index (χ2n) is 5.07. The van der Waals surface area contributed by atoms with Crippen molar-refractivity contribution < 1.29 is 9.50 Å². The fraction of sp³-hybridized carbons (Fsp3) is 0.538. The number of anilines is 1. The van der Waals surface area contributed by atoms with Crippen LogP contribution in [0, 0.1) is 24.6 Å². The van der Waals surface area contributed by atoms with Crippen molar-refractivity contribution in [3.05, 3.63) is 23.0 Å². The SMILES string of the molecule is Cc1c(F)cc(N)c2c1SCC(C1CC1)C2O. The summed E-state index contributed by atoms with van der Waals surface area (Å²) >= 11 is 1.64. The Bertz CT molecular complexity index is 473. The smallest absolute Gasteiger partial charge is 0.129 e. The second kappa shape index (κ2) is 3.89. The monoisotopic (exact) mass is 253 g/mol. The van der Waals surface area contributed by atoms with Crippen molar-refractivity contribution in [1.29, 1.82) is 0 Å². The minimum absolute atomic E-state index is 0.272. The molecule has 17 heavy (non-hydrogen) atoms. The Morgan fingerprint density at radius 2 is 2.18 bits per heavy atom. The van der Waals surface area contributed by atoms with Gasteiger partial charge in [0.1, 0.15) is 5.82 Å². The molecule has 0 bridgehead atoms. The molecular formula is C13H16FNOS. The topological polar surface area (TPSA) is 46.2 Å². The fourth-order valence-corrected chi connectivity index (χ4v) is 4.18. The van der Waals surface area contributed by atoms with E-state index in [0.29, 0.717) is 23.1 Å². The van der Waals surface area contributed by atoms with Crippen LogP contribution in [0.25, 0.3) is 0 Å². The van der Waals surface area contributed by atoms with E-state index in [1.807, 2.05) is 0 Å². The van der Waals surface area contributed by atoms with Crippen LogP contribution in [-0.4, -0.2) is 10.9 Å². The van der Waals surface area contributed by atoms with Crippen molar-refractivity contribution in [2.75, 3.05) is 11.5 Å². The Balaban J connectivity index is 2.08. The summed E-state index contributed by atoms with van der Waals surface area (Å²) in [7, 11) is 0. The highest BCUT2D eigenvalue weighted by Crippen LogP contribution is 2.52. The maximum atomic E-state index is 13.6. The molecule has 2 nitrogen and oxygen atoms in total. The molecule has 1 aliphatic heterocycles. The third kappa shape index (κ3) is 1.74. The number of aliphatic hydroxyl groups excluding tert-OH is 1. The summed E-state index contributed by atoms with van der Waals surface area (Å²) < 4.78 is 13.6. The minimum Gasteiger partial charge on any atom is -0.398 e. The fourth-order valence-electron chi connectivity index (χ4n) is 2.66. The van der Waals surface area contributed by atoms with E-state index >= 15 is 0 Å². The predicted octanol–water partition coefficient (Wildman–Crippen LogP) is 2.88. The number of fused-ring (bicyclic) bond motifs is 1. The number of hydrogen-bond donors (Lipinski definition) is 2. The summed E-state index contributed by atoms with van der Waals surface area (Å²) in [4.78, 5) is 0.854. The maximum absolute atomic E-state index is 13.6. The van der Waals surface area contributed by atoms with E-state index in [4.69, 9.17) is 5.73 Å². The average Bonchev–Trinajstić information content (AvgIpc) is 3.09. The van der Waals surface area contributed by atoms with E-state index in [9.17, 15) is 9.50 Å². The van der Waals surface area contributed by atoms with Gasteiger partial charge in [0.25, 0.3) is 0 Å². The number of hydrogen-bond acceptors (Lipinski definition) is 3. The Kier molecular flexibility index (Phi) is 2.60. The molecule has 2 unspecified atom stereocenters. The molecule has 1 fully saturated rings. The Morgan fingerprint density at radius 1 is 1.47 bits per heavy atom. The minimum atomic E-state index is -0.516. The molecule has 1 saturated carbocycles. The summed E-state index contributed by atoms with van der Waals surface area (Å²) in [5, 5.41) is 10.4. The molecule has 0 aromatic heterocycles. The lowest BCUT2D eigenvalue weighted by atomic mass is 9.90. The van der Waals surface area contributed by atoms with E-state index < -0.39 is 6.10 Å². The van der Waals surface area contributed by atoms with Crippen LogP contribution in [0.5, 0.6) is 0 Å². The zero-order valence-corrected chi connectivity index (χ0v) is 10.6. The summed E-state index contributed by atoms with van der Waals surface area (Å²) in [5.41, 5.74) is 7.65. The van der Waals surface area contributed by atoms with Crippen LogP contribution in [-0.2, 0) is 0 Å². The number of nitrogen functional groups attached to an aromatic ring is 1. The molecule has 0 saturated heterocycles. The number of thioether (sulfide) groups is 1. The molecule has 0 amide bonds. The standard InChI is InChI=1S/C13H16FNOS/c1-6-9(14)4-10(15)11-12(16)8(7-2-3-7)5-17-13(6)11/h4,7-8,12,16H,2-3,5,15H2,1H3. The summed E-state index contributed by atoms with van der Waals surface area (Å²) in [6.07, 6.45) is 1.90. The Hall–Kier alpha value is -0.740. The van der Waals surface area contributed by atoms with Gasteiger partial charge < -0.3 is 10.8 Å². The van der Waals surface area contributed by atoms with Crippen LogP contribution in [0.3, 0.4) is 0 Å². The molecule has 3 rings (SSSR count). The van der Waals surface area contributed by atoms with Gasteiger partial charge in [-0.25, -0.2) is 4.39 Å². The van der Waals surface area contributed by atoms with E-state index in [-0.39, 0.29) is 5.82 Å². The van der Waals surface area contributed by atoms with Gasteiger partial charge in [-0.2, -0.15) is 0 Å². The zero-order chi connectivity index (χ0) is 12.2. The summed E-state index contributed by atoms with van der Waals surface area (Å²) in [6.45, 7) is 1.75. The molecule has 4 heteroatoms. The van der Waals surface area contributed by atoms with Gasteiger partial charge in [-0.3, -0.25) is 0 Å². The van der Waals surface area contributed by atoms with Crippen LogP contribution in [0.15, 0.2) is 11.0 Å². The van der Waals surface area contributed by atoms with Gasteiger partial charge in [-0.15, -0.1) is 11.8 Å². The zero-order valence-electron chi connectivity index (χ0n) is 9.74. The van der Waals surface area contributed by atoms with Gasteiger partial charge in [-0.1, -0.05) is 0 Å². The van der Waals surface area contributed by atoms with Crippen molar-refractivity contribution in [2.45, 2.75) is 30.8 Å². The molecule has 0 radical (unpaired) electrons. The third-order valence-electron chi connectivity index (χ3n) is 3.89. The van der Waals surface area contributed by atoms with E-state index in [1.165, 1.54) is 18.9 Å². The largest absolute Gasteiger partial charge is 0.398 e. The molecule has 1 aromatic rings.